The van der Waals surface area contributed by atoms with E-state index in [1.165, 1.54) is 19.3 Å². The van der Waals surface area contributed by atoms with Gasteiger partial charge in [0.05, 0.1) is 23.5 Å². The molecule has 2 aromatic carbocycles. The molecule has 28 heavy (non-hydrogen) atoms. The largest absolute Gasteiger partial charge is 0.370 e. The molecule has 3 aromatic rings. The fraction of sp³-hybridized carbons (Fsp3) is 0.304. The van der Waals surface area contributed by atoms with Crippen LogP contribution in [0.25, 0.3) is 10.6 Å². The van der Waals surface area contributed by atoms with Gasteiger partial charge in [0, 0.05) is 23.5 Å². The molecule has 0 atom stereocenters. The summed E-state index contributed by atoms with van der Waals surface area (Å²) >= 11 is 1.64. The Bertz CT molecular complexity index is 945. The molecule has 144 valence electrons. The van der Waals surface area contributed by atoms with Crippen LogP contribution in [-0.4, -0.2) is 24.0 Å². The highest BCUT2D eigenvalue weighted by atomic mass is 32.1. The van der Waals surface area contributed by atoms with E-state index in [2.05, 4.69) is 28.4 Å². The van der Waals surface area contributed by atoms with Crippen molar-refractivity contribution in [2.45, 2.75) is 32.6 Å². The predicted octanol–water partition coefficient (Wildman–Crippen LogP) is 5.29. The van der Waals surface area contributed by atoms with E-state index in [-0.39, 0.29) is 5.91 Å². The average Bonchev–Trinajstić information content (AvgIpc) is 3.10. The van der Waals surface area contributed by atoms with Crippen LogP contribution in [-0.2, 0) is 11.2 Å². The molecule has 0 bridgehead atoms. The maximum absolute atomic E-state index is 12.7. The minimum atomic E-state index is -0.0162. The average molecular weight is 392 g/mol. The fourth-order valence-electron chi connectivity index (χ4n) is 3.63. The van der Waals surface area contributed by atoms with Crippen LogP contribution in [0.1, 0.15) is 29.8 Å². The van der Waals surface area contributed by atoms with Crippen molar-refractivity contribution < 1.29 is 4.79 Å². The first kappa shape index (κ1) is 18.7. The number of nitrogens with one attached hydrogen (secondary N) is 1. The molecule has 1 saturated heterocycles. The van der Waals surface area contributed by atoms with Crippen LogP contribution in [0.3, 0.4) is 0 Å². The number of carbonyl (C=O) groups excluding carboxylic acids is 1. The SMILES string of the molecule is Cc1sc(-c2ccccc2)nc1CC(=O)Nc1ccccc1N1CCCCC1. The number of anilines is 2. The van der Waals surface area contributed by atoms with Crippen LogP contribution in [0, 0.1) is 6.92 Å². The summed E-state index contributed by atoms with van der Waals surface area (Å²) in [5.41, 5.74) is 3.97. The Balaban J connectivity index is 1.48. The predicted molar refractivity (Wildman–Crippen MR) is 117 cm³/mol. The topological polar surface area (TPSA) is 45.2 Å². The number of hydrogen-bond acceptors (Lipinski definition) is 4. The number of piperidine rings is 1. The van der Waals surface area contributed by atoms with E-state index in [4.69, 9.17) is 4.98 Å². The van der Waals surface area contributed by atoms with E-state index in [1.54, 1.807) is 11.3 Å². The quantitative estimate of drug-likeness (QED) is 0.643. The number of nitrogens with zero attached hydrogens (tertiary/aromatic N) is 2. The lowest BCUT2D eigenvalue weighted by Gasteiger charge is -2.30. The zero-order chi connectivity index (χ0) is 19.3. The molecule has 0 radical (unpaired) electrons. The molecular formula is C23H25N3OS. The minimum absolute atomic E-state index is 0.0162. The van der Waals surface area contributed by atoms with Crippen LogP contribution >= 0.6 is 11.3 Å². The highest BCUT2D eigenvalue weighted by molar-refractivity contribution is 7.15. The number of aromatic nitrogens is 1. The van der Waals surface area contributed by atoms with E-state index in [9.17, 15) is 4.79 Å². The van der Waals surface area contributed by atoms with Gasteiger partial charge in [0.1, 0.15) is 5.01 Å². The van der Waals surface area contributed by atoms with Gasteiger partial charge in [-0.25, -0.2) is 4.98 Å². The van der Waals surface area contributed by atoms with Crippen LogP contribution in [0.5, 0.6) is 0 Å². The van der Waals surface area contributed by atoms with Crippen molar-refractivity contribution in [1.29, 1.82) is 0 Å². The Morgan fingerprint density at radius 2 is 1.75 bits per heavy atom. The van der Waals surface area contributed by atoms with Gasteiger partial charge in [-0.2, -0.15) is 0 Å². The van der Waals surface area contributed by atoms with Gasteiger partial charge < -0.3 is 10.2 Å². The van der Waals surface area contributed by atoms with Crippen LogP contribution < -0.4 is 10.2 Å². The molecule has 0 saturated carbocycles. The van der Waals surface area contributed by atoms with Crippen LogP contribution in [0.2, 0.25) is 0 Å². The van der Waals surface area contributed by atoms with E-state index in [1.807, 2.05) is 43.3 Å². The monoisotopic (exact) mass is 391 g/mol. The van der Waals surface area contributed by atoms with Gasteiger partial charge in [0.25, 0.3) is 0 Å². The maximum Gasteiger partial charge on any atom is 0.230 e. The number of amides is 1. The molecule has 1 fully saturated rings. The number of thiazole rings is 1. The van der Waals surface area contributed by atoms with Crippen molar-refractivity contribution in [2.24, 2.45) is 0 Å². The Morgan fingerprint density at radius 1 is 1.04 bits per heavy atom. The highest BCUT2D eigenvalue weighted by Crippen LogP contribution is 2.30. The second-order valence-corrected chi connectivity index (χ2v) is 8.38. The number of carbonyl (C=O) groups is 1. The van der Waals surface area contributed by atoms with Crippen molar-refractivity contribution in [1.82, 2.24) is 4.98 Å². The van der Waals surface area contributed by atoms with E-state index in [0.717, 1.165) is 45.6 Å². The lowest BCUT2D eigenvalue weighted by Crippen LogP contribution is -2.30. The first-order chi connectivity index (χ1) is 13.7. The lowest BCUT2D eigenvalue weighted by molar-refractivity contribution is -0.115. The summed E-state index contributed by atoms with van der Waals surface area (Å²) in [6, 6.07) is 18.2. The molecule has 1 aliphatic rings. The van der Waals surface area contributed by atoms with E-state index in [0.29, 0.717) is 6.42 Å². The third-order valence-electron chi connectivity index (χ3n) is 5.12. The summed E-state index contributed by atoms with van der Waals surface area (Å²) in [4.78, 5) is 20.9. The van der Waals surface area contributed by atoms with Gasteiger partial charge in [0.15, 0.2) is 0 Å². The number of para-hydroxylation sites is 2. The fourth-order valence-corrected chi connectivity index (χ4v) is 4.57. The number of aryl methyl sites for hydroxylation is 1. The number of rotatable bonds is 5. The van der Waals surface area contributed by atoms with Crippen molar-refractivity contribution in [2.75, 3.05) is 23.3 Å². The van der Waals surface area contributed by atoms with Gasteiger partial charge in [0.2, 0.25) is 5.91 Å². The Kier molecular flexibility index (Phi) is 5.72. The first-order valence-corrected chi connectivity index (χ1v) is 10.7. The second-order valence-electron chi connectivity index (χ2n) is 7.18. The van der Waals surface area contributed by atoms with Gasteiger partial charge in [-0.15, -0.1) is 11.3 Å². The third kappa shape index (κ3) is 4.25. The molecular weight excluding hydrogens is 366 g/mol. The molecule has 1 aliphatic heterocycles. The molecule has 0 spiro atoms. The zero-order valence-corrected chi connectivity index (χ0v) is 17.0. The molecule has 4 rings (SSSR count). The Hall–Kier alpha value is -2.66. The molecule has 1 N–H and O–H groups in total. The smallest absolute Gasteiger partial charge is 0.230 e. The Morgan fingerprint density at radius 3 is 2.54 bits per heavy atom. The van der Waals surface area contributed by atoms with Gasteiger partial charge in [-0.1, -0.05) is 42.5 Å². The van der Waals surface area contributed by atoms with E-state index < -0.39 is 0 Å². The summed E-state index contributed by atoms with van der Waals surface area (Å²) in [6.45, 7) is 4.14. The summed E-state index contributed by atoms with van der Waals surface area (Å²) in [5.74, 6) is -0.0162. The second kappa shape index (κ2) is 8.57. The lowest BCUT2D eigenvalue weighted by atomic mass is 10.1. The normalized spacial score (nSPS) is 14.1. The van der Waals surface area contributed by atoms with Crippen LogP contribution in [0.15, 0.2) is 54.6 Å². The van der Waals surface area contributed by atoms with Crippen molar-refractivity contribution in [3.05, 3.63) is 65.2 Å². The highest BCUT2D eigenvalue weighted by Gasteiger charge is 2.17. The molecule has 0 aliphatic carbocycles. The summed E-state index contributed by atoms with van der Waals surface area (Å²) in [5, 5.41) is 4.08. The molecule has 1 aromatic heterocycles. The molecule has 4 nitrogen and oxygen atoms in total. The van der Waals surface area contributed by atoms with Crippen molar-refractivity contribution in [3.8, 4) is 10.6 Å². The first-order valence-electron chi connectivity index (χ1n) is 9.86. The molecule has 2 heterocycles. The molecule has 1 amide bonds. The van der Waals surface area contributed by atoms with Gasteiger partial charge >= 0.3 is 0 Å². The molecule has 5 heteroatoms. The van der Waals surface area contributed by atoms with Crippen molar-refractivity contribution >= 4 is 28.6 Å². The minimum Gasteiger partial charge on any atom is -0.370 e. The van der Waals surface area contributed by atoms with Crippen molar-refractivity contribution in [3.63, 3.8) is 0 Å². The molecule has 0 unspecified atom stereocenters. The van der Waals surface area contributed by atoms with Crippen LogP contribution in [0.4, 0.5) is 11.4 Å². The zero-order valence-electron chi connectivity index (χ0n) is 16.1. The third-order valence-corrected chi connectivity index (χ3v) is 6.18. The number of hydrogen-bond donors (Lipinski definition) is 1. The van der Waals surface area contributed by atoms with Gasteiger partial charge in [-0.3, -0.25) is 4.79 Å². The van der Waals surface area contributed by atoms with Gasteiger partial charge in [-0.05, 0) is 38.3 Å². The summed E-state index contributed by atoms with van der Waals surface area (Å²) in [7, 11) is 0. The number of benzene rings is 2. The summed E-state index contributed by atoms with van der Waals surface area (Å²) in [6.07, 6.45) is 4.01. The maximum atomic E-state index is 12.7. The Labute approximate surface area is 170 Å². The standard InChI is InChI=1S/C23H25N3OS/c1-17-20(25-23(28-17)18-10-4-2-5-11-18)16-22(27)24-19-12-6-7-13-21(19)26-14-8-3-9-15-26/h2,4-7,10-13H,3,8-9,14-16H2,1H3,(H,24,27). The summed E-state index contributed by atoms with van der Waals surface area (Å²) < 4.78 is 0. The van der Waals surface area contributed by atoms with E-state index >= 15 is 0 Å².